The van der Waals surface area contributed by atoms with Gasteiger partial charge in [0.25, 0.3) is 0 Å². The lowest BCUT2D eigenvalue weighted by molar-refractivity contribution is 1.10. The Kier molecular flexibility index (Phi) is 3.69. The summed E-state index contributed by atoms with van der Waals surface area (Å²) in [4.78, 5) is 4.59. The number of benzene rings is 1. The average molecular weight is 177 g/mol. The molecular weight excluding hydrogens is 166 g/mol. The Bertz CT molecular complexity index is 271. The fraction of sp³-hybridized carbons (Fsp3) is 0.300. The summed E-state index contributed by atoms with van der Waals surface area (Å²) in [6, 6.07) is 7.75. The summed E-state index contributed by atoms with van der Waals surface area (Å²) in [5.74, 6) is 1.15. The van der Waals surface area contributed by atoms with Crippen LogP contribution >= 0.6 is 11.8 Å². The minimum atomic E-state index is 0.718. The molecule has 0 aliphatic heterocycles. The van der Waals surface area contributed by atoms with Gasteiger partial charge in [0.2, 0.25) is 0 Å². The number of hydrogen-bond donors (Lipinski definition) is 0. The highest BCUT2D eigenvalue weighted by Gasteiger charge is 1.92. The first-order chi connectivity index (χ1) is 5.86. The van der Waals surface area contributed by atoms with E-state index < -0.39 is 0 Å². The van der Waals surface area contributed by atoms with Crippen LogP contribution in [0.3, 0.4) is 0 Å². The molecule has 12 heavy (non-hydrogen) atoms. The highest BCUT2D eigenvalue weighted by molar-refractivity contribution is 7.99. The van der Waals surface area contributed by atoms with E-state index in [-0.39, 0.29) is 0 Å². The highest BCUT2D eigenvalue weighted by atomic mass is 32.2. The Morgan fingerprint density at radius 3 is 2.50 bits per heavy atom. The molecule has 62 valence electrons. The molecule has 2 heteroatoms. The lowest BCUT2D eigenvalue weighted by Gasteiger charge is -1.98. The van der Waals surface area contributed by atoms with Crippen molar-refractivity contribution in [1.29, 1.82) is 0 Å². The molecule has 0 aromatic heterocycles. The van der Waals surface area contributed by atoms with E-state index in [1.807, 2.05) is 36.0 Å². The SMILES string of the molecule is [C-]#[N+]c1ccc(SCCC)cc1. The van der Waals surface area contributed by atoms with Gasteiger partial charge in [-0.1, -0.05) is 31.2 Å². The Morgan fingerprint density at radius 1 is 1.33 bits per heavy atom. The van der Waals surface area contributed by atoms with Gasteiger partial charge in [-0.2, -0.15) is 0 Å². The largest absolute Gasteiger partial charge is 0.238 e. The van der Waals surface area contributed by atoms with Crippen LogP contribution in [0.4, 0.5) is 5.69 Å². The van der Waals surface area contributed by atoms with Gasteiger partial charge in [0.05, 0.1) is 6.57 Å². The van der Waals surface area contributed by atoms with E-state index in [2.05, 4.69) is 11.8 Å². The highest BCUT2D eigenvalue weighted by Crippen LogP contribution is 2.21. The molecule has 0 amide bonds. The van der Waals surface area contributed by atoms with Gasteiger partial charge in [0.15, 0.2) is 5.69 Å². The van der Waals surface area contributed by atoms with Gasteiger partial charge in [-0.05, 0) is 12.2 Å². The first-order valence-corrected chi connectivity index (χ1v) is 4.95. The maximum Gasteiger partial charge on any atom is 0.187 e. The second kappa shape index (κ2) is 4.84. The van der Waals surface area contributed by atoms with Crippen LogP contribution in [-0.2, 0) is 0 Å². The molecule has 0 radical (unpaired) electrons. The molecule has 0 saturated heterocycles. The normalized spacial score (nSPS) is 9.33. The standard InChI is InChI=1S/C10H11NS/c1-3-8-12-10-6-4-9(11-2)5-7-10/h4-7H,3,8H2,1H3. The van der Waals surface area contributed by atoms with Crippen LogP contribution in [0.25, 0.3) is 4.85 Å². The van der Waals surface area contributed by atoms with Crippen molar-refractivity contribution in [3.63, 3.8) is 0 Å². The molecule has 0 bridgehead atoms. The third-order valence-corrected chi connectivity index (χ3v) is 2.66. The molecule has 0 N–H and O–H groups in total. The summed E-state index contributed by atoms with van der Waals surface area (Å²) in [5, 5.41) is 0. The zero-order chi connectivity index (χ0) is 8.81. The van der Waals surface area contributed by atoms with Crippen molar-refractivity contribution in [2.75, 3.05) is 5.75 Å². The van der Waals surface area contributed by atoms with E-state index in [4.69, 9.17) is 6.57 Å². The van der Waals surface area contributed by atoms with E-state index in [1.165, 1.54) is 11.3 Å². The third-order valence-electron chi connectivity index (χ3n) is 1.44. The smallest absolute Gasteiger partial charge is 0.187 e. The van der Waals surface area contributed by atoms with Crippen molar-refractivity contribution in [1.82, 2.24) is 0 Å². The van der Waals surface area contributed by atoms with E-state index in [0.717, 1.165) is 11.4 Å². The maximum absolute atomic E-state index is 6.77. The Morgan fingerprint density at radius 2 is 2.00 bits per heavy atom. The quantitative estimate of drug-likeness (QED) is 0.502. The van der Waals surface area contributed by atoms with E-state index in [9.17, 15) is 0 Å². The predicted octanol–water partition coefficient (Wildman–Crippen LogP) is 3.74. The molecule has 0 aliphatic rings. The fourth-order valence-electron chi connectivity index (χ4n) is 0.837. The summed E-state index contributed by atoms with van der Waals surface area (Å²) >= 11 is 1.84. The van der Waals surface area contributed by atoms with E-state index in [1.54, 1.807) is 0 Å². The number of rotatable bonds is 3. The van der Waals surface area contributed by atoms with Gasteiger partial charge in [-0.25, -0.2) is 4.85 Å². The van der Waals surface area contributed by atoms with Crippen molar-refractivity contribution < 1.29 is 0 Å². The number of thioether (sulfide) groups is 1. The Balaban J connectivity index is 2.60. The van der Waals surface area contributed by atoms with Crippen molar-refractivity contribution in [2.24, 2.45) is 0 Å². The topological polar surface area (TPSA) is 4.36 Å². The van der Waals surface area contributed by atoms with Crippen LogP contribution in [0, 0.1) is 6.57 Å². The molecule has 0 spiro atoms. The van der Waals surface area contributed by atoms with Gasteiger partial charge in [0, 0.05) is 4.90 Å². The minimum absolute atomic E-state index is 0.718. The molecule has 1 aromatic carbocycles. The molecule has 1 rings (SSSR count). The summed E-state index contributed by atoms with van der Waals surface area (Å²) < 4.78 is 0. The van der Waals surface area contributed by atoms with Crippen LogP contribution in [0.2, 0.25) is 0 Å². The van der Waals surface area contributed by atoms with Crippen LogP contribution in [0.5, 0.6) is 0 Å². The zero-order valence-electron chi connectivity index (χ0n) is 7.08. The van der Waals surface area contributed by atoms with Crippen molar-refractivity contribution in [3.8, 4) is 0 Å². The monoisotopic (exact) mass is 177 g/mol. The predicted molar refractivity (Wildman–Crippen MR) is 53.7 cm³/mol. The molecule has 0 aliphatic carbocycles. The zero-order valence-corrected chi connectivity index (χ0v) is 7.90. The van der Waals surface area contributed by atoms with Gasteiger partial charge >= 0.3 is 0 Å². The molecule has 1 nitrogen and oxygen atoms in total. The number of hydrogen-bond acceptors (Lipinski definition) is 1. The second-order valence-corrected chi connectivity index (χ2v) is 3.62. The molecular formula is C10H11NS. The lowest BCUT2D eigenvalue weighted by Crippen LogP contribution is -1.74. The summed E-state index contributed by atoms with van der Waals surface area (Å²) in [5.41, 5.74) is 0.718. The van der Waals surface area contributed by atoms with Crippen molar-refractivity contribution >= 4 is 17.4 Å². The molecule has 0 saturated carbocycles. The van der Waals surface area contributed by atoms with Crippen LogP contribution in [-0.4, -0.2) is 5.75 Å². The molecule has 1 aromatic rings. The van der Waals surface area contributed by atoms with Gasteiger partial charge < -0.3 is 0 Å². The molecule has 0 heterocycles. The average Bonchev–Trinajstić information content (AvgIpc) is 2.15. The van der Waals surface area contributed by atoms with Crippen LogP contribution < -0.4 is 0 Å². The maximum atomic E-state index is 6.77. The van der Waals surface area contributed by atoms with Gasteiger partial charge in [0.1, 0.15) is 0 Å². The van der Waals surface area contributed by atoms with Crippen LogP contribution in [0.1, 0.15) is 13.3 Å². The minimum Gasteiger partial charge on any atom is -0.238 e. The first kappa shape index (κ1) is 9.15. The van der Waals surface area contributed by atoms with Crippen LogP contribution in [0.15, 0.2) is 29.2 Å². The summed E-state index contributed by atoms with van der Waals surface area (Å²) in [6.07, 6.45) is 1.19. The van der Waals surface area contributed by atoms with Crippen molar-refractivity contribution in [2.45, 2.75) is 18.2 Å². The third kappa shape index (κ3) is 2.60. The number of nitrogens with zero attached hydrogens (tertiary/aromatic N) is 1. The summed E-state index contributed by atoms with van der Waals surface area (Å²) in [7, 11) is 0. The fourth-order valence-corrected chi connectivity index (χ4v) is 1.61. The summed E-state index contributed by atoms with van der Waals surface area (Å²) in [6.45, 7) is 8.94. The Labute approximate surface area is 77.6 Å². The van der Waals surface area contributed by atoms with Gasteiger partial charge in [-0.3, -0.25) is 0 Å². The second-order valence-electron chi connectivity index (χ2n) is 2.45. The van der Waals surface area contributed by atoms with Crippen molar-refractivity contribution in [3.05, 3.63) is 35.7 Å². The molecule has 0 unspecified atom stereocenters. The lowest BCUT2D eigenvalue weighted by atomic mass is 10.3. The Hall–Kier alpha value is -0.940. The molecule has 0 atom stereocenters. The van der Waals surface area contributed by atoms with Gasteiger partial charge in [-0.15, -0.1) is 11.8 Å². The first-order valence-electron chi connectivity index (χ1n) is 3.97. The van der Waals surface area contributed by atoms with E-state index >= 15 is 0 Å². The molecule has 0 fully saturated rings. The van der Waals surface area contributed by atoms with E-state index in [0.29, 0.717) is 0 Å².